The summed E-state index contributed by atoms with van der Waals surface area (Å²) in [4.78, 5) is 5.92. The van der Waals surface area contributed by atoms with E-state index in [0.717, 1.165) is 49.7 Å². The maximum atomic E-state index is 5.66. The summed E-state index contributed by atoms with van der Waals surface area (Å²) in [5, 5.41) is 3.45. The van der Waals surface area contributed by atoms with E-state index in [4.69, 9.17) is 4.74 Å². The number of hydrogen-bond donors (Lipinski definition) is 1. The molecule has 0 saturated heterocycles. The molecule has 2 aromatic carbocycles. The minimum Gasteiger partial charge on any atom is -0.496 e. The molecule has 134 valence electrons. The third-order valence-corrected chi connectivity index (χ3v) is 6.04. The molecule has 0 aromatic heterocycles. The van der Waals surface area contributed by atoms with Crippen molar-refractivity contribution in [1.29, 1.82) is 0 Å². The zero-order valence-electron chi connectivity index (χ0n) is 15.1. The molecule has 0 spiro atoms. The number of nitrogens with zero attached hydrogens (tertiary/aromatic N) is 1. The predicted octanol–water partition coefficient (Wildman–Crippen LogP) is 4.69. The first-order chi connectivity index (χ1) is 12.9. The van der Waals surface area contributed by atoms with Crippen molar-refractivity contribution in [2.45, 2.75) is 29.9 Å². The molecule has 0 fully saturated rings. The van der Waals surface area contributed by atoms with E-state index in [0.29, 0.717) is 0 Å². The van der Waals surface area contributed by atoms with Crippen LogP contribution < -0.4 is 10.1 Å². The Kier molecular flexibility index (Phi) is 5.30. The van der Waals surface area contributed by atoms with E-state index >= 15 is 0 Å². The van der Waals surface area contributed by atoms with Crippen molar-refractivity contribution in [2.75, 3.05) is 20.2 Å². The summed E-state index contributed by atoms with van der Waals surface area (Å²) in [6.45, 7) is 1.92. The summed E-state index contributed by atoms with van der Waals surface area (Å²) in [5.41, 5.74) is 5.28. The zero-order chi connectivity index (χ0) is 17.8. The van der Waals surface area contributed by atoms with E-state index in [2.05, 4.69) is 58.9 Å². The van der Waals surface area contributed by atoms with Crippen molar-refractivity contribution in [3.05, 3.63) is 64.7 Å². The van der Waals surface area contributed by atoms with Crippen LogP contribution in [0, 0.1) is 0 Å². The fourth-order valence-corrected chi connectivity index (χ4v) is 4.71. The average Bonchev–Trinajstić information content (AvgIpc) is 2.72. The Morgan fingerprint density at radius 1 is 1.19 bits per heavy atom. The SMILES string of the molecule is COc1ccc2c(c1SCc1ccccc1C1=NCCCN1)C=CCC2. The molecular formula is C22H24N2OS. The van der Waals surface area contributed by atoms with Gasteiger partial charge in [0.05, 0.1) is 12.0 Å². The van der Waals surface area contributed by atoms with Gasteiger partial charge in [-0.15, -0.1) is 11.8 Å². The van der Waals surface area contributed by atoms with Crippen molar-refractivity contribution in [3.63, 3.8) is 0 Å². The second kappa shape index (κ2) is 8.00. The number of amidine groups is 1. The van der Waals surface area contributed by atoms with Crippen LogP contribution in [-0.2, 0) is 12.2 Å². The number of allylic oxidation sites excluding steroid dienone is 1. The number of hydrogen-bond acceptors (Lipinski definition) is 4. The molecular weight excluding hydrogens is 340 g/mol. The quantitative estimate of drug-likeness (QED) is 0.782. The Hall–Kier alpha value is -2.20. The van der Waals surface area contributed by atoms with Gasteiger partial charge in [0.25, 0.3) is 0 Å². The van der Waals surface area contributed by atoms with Crippen LogP contribution in [0.15, 0.2) is 52.4 Å². The second-order valence-corrected chi connectivity index (χ2v) is 7.55. The maximum Gasteiger partial charge on any atom is 0.133 e. The van der Waals surface area contributed by atoms with Crippen LogP contribution in [0.3, 0.4) is 0 Å². The molecule has 1 aliphatic carbocycles. The minimum atomic E-state index is 0.900. The van der Waals surface area contributed by atoms with E-state index in [9.17, 15) is 0 Å². The highest BCUT2D eigenvalue weighted by Crippen LogP contribution is 2.39. The Bertz CT molecular complexity index is 857. The molecule has 0 atom stereocenters. The summed E-state index contributed by atoms with van der Waals surface area (Å²) < 4.78 is 5.66. The Morgan fingerprint density at radius 3 is 2.96 bits per heavy atom. The molecule has 0 unspecified atom stereocenters. The fourth-order valence-electron chi connectivity index (χ4n) is 3.51. The van der Waals surface area contributed by atoms with Gasteiger partial charge in [0.2, 0.25) is 0 Å². The van der Waals surface area contributed by atoms with Crippen molar-refractivity contribution in [2.24, 2.45) is 4.99 Å². The first kappa shape index (κ1) is 17.2. The lowest BCUT2D eigenvalue weighted by molar-refractivity contribution is 0.404. The molecule has 4 rings (SSSR count). The molecule has 1 heterocycles. The lowest BCUT2D eigenvalue weighted by atomic mass is 9.97. The Balaban J connectivity index is 1.63. The molecule has 3 nitrogen and oxygen atoms in total. The Labute approximate surface area is 159 Å². The highest BCUT2D eigenvalue weighted by atomic mass is 32.2. The van der Waals surface area contributed by atoms with E-state index in [-0.39, 0.29) is 0 Å². The number of nitrogens with one attached hydrogen (secondary N) is 1. The van der Waals surface area contributed by atoms with Gasteiger partial charge in [0, 0.05) is 24.4 Å². The molecule has 0 radical (unpaired) electrons. The summed E-state index contributed by atoms with van der Waals surface area (Å²) in [6.07, 6.45) is 7.86. The fraction of sp³-hybridized carbons (Fsp3) is 0.318. The molecule has 26 heavy (non-hydrogen) atoms. The average molecular weight is 365 g/mol. The van der Waals surface area contributed by atoms with E-state index in [1.165, 1.54) is 27.1 Å². The molecule has 1 aliphatic heterocycles. The minimum absolute atomic E-state index is 0.900. The number of thioether (sulfide) groups is 1. The zero-order valence-corrected chi connectivity index (χ0v) is 15.9. The Morgan fingerprint density at radius 2 is 2.12 bits per heavy atom. The summed E-state index contributed by atoms with van der Waals surface area (Å²) in [7, 11) is 1.76. The second-order valence-electron chi connectivity index (χ2n) is 6.57. The molecule has 2 aliphatic rings. The largest absolute Gasteiger partial charge is 0.496 e. The summed E-state index contributed by atoms with van der Waals surface area (Å²) in [5.74, 6) is 2.90. The molecule has 4 heteroatoms. The van der Waals surface area contributed by atoms with Crippen LogP contribution in [0.5, 0.6) is 5.75 Å². The van der Waals surface area contributed by atoms with Crippen LogP contribution in [0.2, 0.25) is 0 Å². The van der Waals surface area contributed by atoms with E-state index in [1.54, 1.807) is 7.11 Å². The van der Waals surface area contributed by atoms with Gasteiger partial charge in [-0.2, -0.15) is 0 Å². The lowest BCUT2D eigenvalue weighted by Gasteiger charge is -2.20. The van der Waals surface area contributed by atoms with Gasteiger partial charge >= 0.3 is 0 Å². The molecule has 1 N–H and O–H groups in total. The molecule has 0 bridgehead atoms. The third-order valence-electron chi connectivity index (χ3n) is 4.88. The van der Waals surface area contributed by atoms with Gasteiger partial charge in [-0.1, -0.05) is 42.5 Å². The number of aliphatic imine (C=N–C) groups is 1. The maximum absolute atomic E-state index is 5.66. The lowest BCUT2D eigenvalue weighted by Crippen LogP contribution is -2.30. The number of methoxy groups -OCH3 is 1. The number of fused-ring (bicyclic) bond motifs is 1. The topological polar surface area (TPSA) is 33.6 Å². The molecule has 2 aromatic rings. The van der Waals surface area contributed by atoms with Crippen LogP contribution in [0.4, 0.5) is 0 Å². The van der Waals surface area contributed by atoms with E-state index in [1.807, 2.05) is 11.8 Å². The van der Waals surface area contributed by atoms with Gasteiger partial charge < -0.3 is 10.1 Å². The van der Waals surface area contributed by atoms with Crippen molar-refractivity contribution in [3.8, 4) is 5.75 Å². The highest BCUT2D eigenvalue weighted by Gasteiger charge is 2.17. The van der Waals surface area contributed by atoms with Crippen LogP contribution in [-0.4, -0.2) is 26.0 Å². The number of aryl methyl sites for hydroxylation is 1. The third kappa shape index (κ3) is 3.51. The van der Waals surface area contributed by atoms with Gasteiger partial charge in [0.15, 0.2) is 0 Å². The van der Waals surface area contributed by atoms with Gasteiger partial charge in [-0.3, -0.25) is 4.99 Å². The van der Waals surface area contributed by atoms with Crippen molar-refractivity contribution in [1.82, 2.24) is 5.32 Å². The van der Waals surface area contributed by atoms with Crippen LogP contribution in [0.25, 0.3) is 6.08 Å². The predicted molar refractivity (Wildman–Crippen MR) is 110 cm³/mol. The van der Waals surface area contributed by atoms with Gasteiger partial charge in [-0.05, 0) is 42.0 Å². The summed E-state index contributed by atoms with van der Waals surface area (Å²) in [6, 6.07) is 12.9. The monoisotopic (exact) mass is 364 g/mol. The summed E-state index contributed by atoms with van der Waals surface area (Å²) >= 11 is 1.86. The smallest absolute Gasteiger partial charge is 0.133 e. The van der Waals surface area contributed by atoms with Gasteiger partial charge in [0.1, 0.15) is 11.6 Å². The van der Waals surface area contributed by atoms with Gasteiger partial charge in [-0.25, -0.2) is 0 Å². The van der Waals surface area contributed by atoms with Crippen LogP contribution >= 0.6 is 11.8 Å². The molecule has 0 amide bonds. The number of ether oxygens (including phenoxy) is 1. The number of benzene rings is 2. The van der Waals surface area contributed by atoms with Crippen molar-refractivity contribution >= 4 is 23.7 Å². The standard InChI is InChI=1S/C22H24N2OS/c1-25-20-12-11-16-7-2-4-9-18(16)21(20)26-15-17-8-3-5-10-19(17)22-23-13-6-14-24-22/h3-5,8-12H,2,6-7,13-15H2,1H3,(H,23,24). The normalized spacial score (nSPS) is 15.8. The van der Waals surface area contributed by atoms with Crippen LogP contribution in [0.1, 0.15) is 35.1 Å². The number of rotatable bonds is 5. The first-order valence-corrected chi connectivity index (χ1v) is 10.2. The first-order valence-electron chi connectivity index (χ1n) is 9.22. The van der Waals surface area contributed by atoms with E-state index < -0.39 is 0 Å². The molecule has 0 saturated carbocycles. The van der Waals surface area contributed by atoms with Crippen molar-refractivity contribution < 1.29 is 4.74 Å². The highest BCUT2D eigenvalue weighted by molar-refractivity contribution is 7.98.